The smallest absolute Gasteiger partial charge is 0.153 e. The van der Waals surface area contributed by atoms with Crippen LogP contribution in [0.25, 0.3) is 11.3 Å². The molecule has 0 saturated heterocycles. The average molecular weight is 320 g/mol. The number of aryl methyl sites for hydroxylation is 1. The number of hydrogen-bond donors (Lipinski definition) is 0. The third kappa shape index (κ3) is 3.52. The molecule has 102 valence electrons. The maximum absolute atomic E-state index is 13.3. The first kappa shape index (κ1) is 14.4. The first-order valence-electron chi connectivity index (χ1n) is 5.34. The standard InChI is InChI=1S/C12H11ClFNO2S2/c1-7-3-8(9(13)4-10(7)14)11-5-18-12(15-11)6-19(2,16)17/h3-5H,6H2,1-2H3. The van der Waals surface area contributed by atoms with Crippen LogP contribution in [0, 0.1) is 12.7 Å². The molecule has 0 N–H and O–H groups in total. The lowest BCUT2D eigenvalue weighted by Gasteiger charge is -2.03. The molecule has 2 rings (SSSR count). The number of sulfone groups is 1. The van der Waals surface area contributed by atoms with Gasteiger partial charge >= 0.3 is 0 Å². The van der Waals surface area contributed by atoms with E-state index in [0.717, 1.165) is 6.26 Å². The summed E-state index contributed by atoms with van der Waals surface area (Å²) in [6.45, 7) is 1.64. The summed E-state index contributed by atoms with van der Waals surface area (Å²) in [4.78, 5) is 4.23. The number of rotatable bonds is 3. The molecule has 0 unspecified atom stereocenters. The summed E-state index contributed by atoms with van der Waals surface area (Å²) in [6.07, 6.45) is 1.16. The molecule has 0 saturated carbocycles. The zero-order chi connectivity index (χ0) is 14.2. The highest BCUT2D eigenvalue weighted by molar-refractivity contribution is 7.90. The van der Waals surface area contributed by atoms with Crippen molar-refractivity contribution in [3.05, 3.63) is 38.9 Å². The van der Waals surface area contributed by atoms with E-state index in [-0.39, 0.29) is 16.6 Å². The molecule has 0 bridgehead atoms. The van der Waals surface area contributed by atoms with E-state index in [1.165, 1.54) is 17.4 Å². The van der Waals surface area contributed by atoms with E-state index in [4.69, 9.17) is 11.6 Å². The lowest BCUT2D eigenvalue weighted by molar-refractivity contribution is 0.601. The molecule has 0 atom stereocenters. The van der Waals surface area contributed by atoms with Crippen molar-refractivity contribution >= 4 is 32.8 Å². The van der Waals surface area contributed by atoms with Crippen molar-refractivity contribution < 1.29 is 12.8 Å². The van der Waals surface area contributed by atoms with Gasteiger partial charge in [-0.05, 0) is 24.6 Å². The van der Waals surface area contributed by atoms with Crippen molar-refractivity contribution in [3.63, 3.8) is 0 Å². The molecular weight excluding hydrogens is 309 g/mol. The summed E-state index contributed by atoms with van der Waals surface area (Å²) >= 11 is 7.23. The van der Waals surface area contributed by atoms with Gasteiger partial charge in [-0.15, -0.1) is 11.3 Å². The van der Waals surface area contributed by atoms with Crippen molar-refractivity contribution in [2.45, 2.75) is 12.7 Å². The van der Waals surface area contributed by atoms with Gasteiger partial charge in [-0.2, -0.15) is 0 Å². The molecule has 0 aliphatic heterocycles. The lowest BCUT2D eigenvalue weighted by atomic mass is 10.1. The van der Waals surface area contributed by atoms with Gasteiger partial charge in [0.2, 0.25) is 0 Å². The van der Waals surface area contributed by atoms with Crippen LogP contribution in [0.1, 0.15) is 10.6 Å². The molecule has 0 spiro atoms. The number of aromatic nitrogens is 1. The largest absolute Gasteiger partial charge is 0.240 e. The van der Waals surface area contributed by atoms with Crippen molar-refractivity contribution in [1.82, 2.24) is 4.98 Å². The third-order valence-electron chi connectivity index (χ3n) is 2.46. The van der Waals surface area contributed by atoms with Crippen molar-refractivity contribution in [1.29, 1.82) is 0 Å². The maximum Gasteiger partial charge on any atom is 0.153 e. The molecule has 7 heteroatoms. The highest BCUT2D eigenvalue weighted by Gasteiger charge is 2.13. The fourth-order valence-electron chi connectivity index (χ4n) is 1.58. The molecule has 1 heterocycles. The van der Waals surface area contributed by atoms with Crippen LogP contribution in [0.3, 0.4) is 0 Å². The van der Waals surface area contributed by atoms with E-state index >= 15 is 0 Å². The average Bonchev–Trinajstić information content (AvgIpc) is 2.69. The molecule has 3 nitrogen and oxygen atoms in total. The fraction of sp³-hybridized carbons (Fsp3) is 0.250. The number of thiazole rings is 1. The second-order valence-corrected chi connectivity index (χ2v) is 7.77. The molecule has 0 radical (unpaired) electrons. The monoisotopic (exact) mass is 319 g/mol. The molecule has 0 fully saturated rings. The van der Waals surface area contributed by atoms with E-state index in [1.807, 2.05) is 0 Å². The van der Waals surface area contributed by atoms with Gasteiger partial charge in [-0.25, -0.2) is 17.8 Å². The third-order valence-corrected chi connectivity index (χ3v) is 4.60. The number of halogens is 2. The van der Waals surface area contributed by atoms with Gasteiger partial charge in [0, 0.05) is 17.2 Å². The van der Waals surface area contributed by atoms with Crippen LogP contribution in [0.5, 0.6) is 0 Å². The zero-order valence-corrected chi connectivity index (χ0v) is 12.7. The number of hydrogen-bond acceptors (Lipinski definition) is 4. The zero-order valence-electron chi connectivity index (χ0n) is 10.3. The fourth-order valence-corrected chi connectivity index (χ4v) is 3.83. The summed E-state index contributed by atoms with van der Waals surface area (Å²) in [7, 11) is -3.12. The van der Waals surface area contributed by atoms with Gasteiger partial charge in [0.25, 0.3) is 0 Å². The minimum atomic E-state index is -3.12. The molecule has 19 heavy (non-hydrogen) atoms. The highest BCUT2D eigenvalue weighted by Crippen LogP contribution is 2.31. The predicted octanol–water partition coefficient (Wildman–Crippen LogP) is 3.46. The summed E-state index contributed by atoms with van der Waals surface area (Å²) in [5, 5.41) is 2.48. The Morgan fingerprint density at radius 1 is 1.42 bits per heavy atom. The second kappa shape index (κ2) is 5.19. The lowest BCUT2D eigenvalue weighted by Crippen LogP contribution is -2.00. The second-order valence-electron chi connectivity index (χ2n) is 4.28. The van der Waals surface area contributed by atoms with E-state index in [0.29, 0.717) is 21.8 Å². The Labute approximate surface area is 120 Å². The Morgan fingerprint density at radius 2 is 2.11 bits per heavy atom. The Morgan fingerprint density at radius 3 is 2.74 bits per heavy atom. The van der Waals surface area contributed by atoms with Crippen molar-refractivity contribution in [2.75, 3.05) is 6.26 Å². The van der Waals surface area contributed by atoms with Gasteiger partial charge in [0.1, 0.15) is 16.6 Å². The molecular formula is C12H11ClFNO2S2. The Bertz CT molecular complexity index is 725. The van der Waals surface area contributed by atoms with Gasteiger partial charge in [0.15, 0.2) is 9.84 Å². The summed E-state index contributed by atoms with van der Waals surface area (Å²) in [6, 6.07) is 2.85. The van der Waals surface area contributed by atoms with Crippen LogP contribution in [0.15, 0.2) is 17.5 Å². The normalized spacial score (nSPS) is 11.8. The maximum atomic E-state index is 13.3. The van der Waals surface area contributed by atoms with Crippen molar-refractivity contribution in [3.8, 4) is 11.3 Å². The minimum Gasteiger partial charge on any atom is -0.240 e. The minimum absolute atomic E-state index is 0.102. The van der Waals surface area contributed by atoms with Crippen LogP contribution < -0.4 is 0 Å². The van der Waals surface area contributed by atoms with Crippen LogP contribution in [-0.4, -0.2) is 19.7 Å². The molecule has 2 aromatic rings. The van der Waals surface area contributed by atoms with Crippen molar-refractivity contribution in [2.24, 2.45) is 0 Å². The molecule has 0 amide bonds. The predicted molar refractivity (Wildman–Crippen MR) is 75.8 cm³/mol. The van der Waals surface area contributed by atoms with Crippen LogP contribution >= 0.6 is 22.9 Å². The Balaban J connectivity index is 2.41. The summed E-state index contributed by atoms with van der Waals surface area (Å²) in [5.41, 5.74) is 1.64. The van der Waals surface area contributed by atoms with Crippen LogP contribution in [0.2, 0.25) is 5.02 Å². The SMILES string of the molecule is Cc1cc(-c2csc(CS(C)(=O)=O)n2)c(Cl)cc1F. The van der Waals surface area contributed by atoms with Gasteiger partial charge in [-0.3, -0.25) is 0 Å². The van der Waals surface area contributed by atoms with E-state index < -0.39 is 9.84 Å². The number of nitrogens with zero attached hydrogens (tertiary/aromatic N) is 1. The Kier molecular flexibility index (Phi) is 3.94. The van der Waals surface area contributed by atoms with Crippen LogP contribution in [0.4, 0.5) is 4.39 Å². The first-order chi connectivity index (χ1) is 8.76. The molecule has 0 aliphatic rings. The summed E-state index contributed by atoms with van der Waals surface area (Å²) < 4.78 is 35.7. The summed E-state index contributed by atoms with van der Waals surface area (Å²) in [5.74, 6) is -0.476. The topological polar surface area (TPSA) is 47.0 Å². The highest BCUT2D eigenvalue weighted by atomic mass is 35.5. The molecule has 0 aliphatic carbocycles. The van der Waals surface area contributed by atoms with E-state index in [2.05, 4.69) is 4.98 Å². The quantitative estimate of drug-likeness (QED) is 0.870. The first-order valence-corrected chi connectivity index (χ1v) is 8.66. The molecule has 1 aromatic heterocycles. The van der Waals surface area contributed by atoms with Crippen LogP contribution in [-0.2, 0) is 15.6 Å². The van der Waals surface area contributed by atoms with Gasteiger partial charge < -0.3 is 0 Å². The number of benzene rings is 1. The van der Waals surface area contributed by atoms with E-state index in [9.17, 15) is 12.8 Å². The van der Waals surface area contributed by atoms with E-state index in [1.54, 1.807) is 18.4 Å². The molecule has 1 aromatic carbocycles. The van der Waals surface area contributed by atoms with Gasteiger partial charge in [0.05, 0.1) is 10.7 Å². The van der Waals surface area contributed by atoms with Gasteiger partial charge in [-0.1, -0.05) is 11.6 Å². The Hall–Kier alpha value is -0.980.